The molecule has 1 fully saturated rings. The van der Waals surface area contributed by atoms with Gasteiger partial charge in [0.05, 0.1) is 11.4 Å². The zero-order valence-corrected chi connectivity index (χ0v) is 13.6. The van der Waals surface area contributed by atoms with E-state index in [0.717, 1.165) is 11.9 Å². The molecule has 0 atom stereocenters. The molecule has 0 saturated carbocycles. The Hall–Kier alpha value is -1.84. The van der Waals surface area contributed by atoms with E-state index >= 15 is 0 Å². The van der Waals surface area contributed by atoms with E-state index in [1.165, 1.54) is 22.5 Å². The zero-order chi connectivity index (χ0) is 16.4. The number of benzene rings is 1. The van der Waals surface area contributed by atoms with Crippen LogP contribution in [0.5, 0.6) is 0 Å². The number of H-pyrrole nitrogens is 1. The highest BCUT2D eigenvalue weighted by molar-refractivity contribution is 7.89. The lowest BCUT2D eigenvalue weighted by Gasteiger charge is -2.33. The molecule has 124 valence electrons. The summed E-state index contributed by atoms with van der Waals surface area (Å²) in [4.78, 5) is 6.34. The standard InChI is InChI=1S/C14H18FN5O2S/c1-11-16-14(18-17-11)10-19-5-7-20(8-6-19)23(21,22)13-4-2-3-12(15)9-13/h2-4,9H,5-8,10H2,1H3,(H,16,17,18). The van der Waals surface area contributed by atoms with Crippen molar-refractivity contribution in [1.82, 2.24) is 24.4 Å². The van der Waals surface area contributed by atoms with Gasteiger partial charge in [-0.15, -0.1) is 0 Å². The number of rotatable bonds is 4. The van der Waals surface area contributed by atoms with Crippen LogP contribution in [0.1, 0.15) is 11.6 Å². The molecule has 1 N–H and O–H groups in total. The molecule has 0 bridgehead atoms. The second-order valence-corrected chi connectivity index (χ2v) is 7.41. The maximum absolute atomic E-state index is 13.3. The lowest BCUT2D eigenvalue weighted by molar-refractivity contribution is 0.178. The summed E-state index contributed by atoms with van der Waals surface area (Å²) in [6.07, 6.45) is 0. The summed E-state index contributed by atoms with van der Waals surface area (Å²) in [5, 5.41) is 6.87. The molecule has 1 aromatic heterocycles. The number of piperazine rings is 1. The highest BCUT2D eigenvalue weighted by Gasteiger charge is 2.29. The molecule has 1 aliphatic rings. The van der Waals surface area contributed by atoms with Gasteiger partial charge in [0.1, 0.15) is 11.6 Å². The van der Waals surface area contributed by atoms with E-state index in [2.05, 4.69) is 20.1 Å². The first kappa shape index (κ1) is 16.0. The number of hydrogen-bond donors (Lipinski definition) is 1. The molecule has 0 aliphatic carbocycles. The van der Waals surface area contributed by atoms with Crippen LogP contribution in [0.3, 0.4) is 0 Å². The van der Waals surface area contributed by atoms with Gasteiger partial charge in [-0.05, 0) is 25.1 Å². The van der Waals surface area contributed by atoms with Crippen LogP contribution in [0, 0.1) is 12.7 Å². The zero-order valence-electron chi connectivity index (χ0n) is 12.7. The van der Waals surface area contributed by atoms with Gasteiger partial charge < -0.3 is 0 Å². The van der Waals surface area contributed by atoms with Gasteiger partial charge in [0.25, 0.3) is 0 Å². The Kier molecular flexibility index (Phi) is 4.42. The van der Waals surface area contributed by atoms with Gasteiger partial charge in [0.15, 0.2) is 5.82 Å². The Bertz CT molecular complexity index is 784. The van der Waals surface area contributed by atoms with Crippen LogP contribution in [0.25, 0.3) is 0 Å². The van der Waals surface area contributed by atoms with Crippen molar-refractivity contribution in [2.45, 2.75) is 18.4 Å². The summed E-state index contributed by atoms with van der Waals surface area (Å²) in [5.74, 6) is 0.904. The lowest BCUT2D eigenvalue weighted by atomic mass is 10.3. The van der Waals surface area contributed by atoms with Gasteiger partial charge in [0.2, 0.25) is 10.0 Å². The molecule has 0 radical (unpaired) electrons. The van der Waals surface area contributed by atoms with E-state index < -0.39 is 15.8 Å². The molecule has 1 aromatic carbocycles. The molecule has 3 rings (SSSR count). The SMILES string of the molecule is Cc1nc(CN2CCN(S(=O)(=O)c3cccc(F)c3)CC2)n[nH]1. The predicted octanol–water partition coefficient (Wildman–Crippen LogP) is 0.759. The van der Waals surface area contributed by atoms with E-state index in [9.17, 15) is 12.8 Å². The molecule has 1 saturated heterocycles. The monoisotopic (exact) mass is 339 g/mol. The van der Waals surface area contributed by atoms with E-state index in [4.69, 9.17) is 0 Å². The normalized spacial score (nSPS) is 17.5. The molecular weight excluding hydrogens is 321 g/mol. The average molecular weight is 339 g/mol. The second-order valence-electron chi connectivity index (χ2n) is 5.47. The molecule has 2 aromatic rings. The molecular formula is C14H18FN5O2S. The van der Waals surface area contributed by atoms with Gasteiger partial charge in [0, 0.05) is 26.2 Å². The largest absolute Gasteiger partial charge is 0.293 e. The Labute approximate surface area is 134 Å². The van der Waals surface area contributed by atoms with Crippen LogP contribution in [-0.2, 0) is 16.6 Å². The molecule has 9 heteroatoms. The van der Waals surface area contributed by atoms with Crippen molar-refractivity contribution in [3.63, 3.8) is 0 Å². The Morgan fingerprint density at radius 3 is 2.61 bits per heavy atom. The predicted molar refractivity (Wildman–Crippen MR) is 81.6 cm³/mol. The third kappa shape index (κ3) is 3.57. The van der Waals surface area contributed by atoms with Gasteiger partial charge in [-0.1, -0.05) is 6.07 Å². The van der Waals surface area contributed by atoms with Gasteiger partial charge >= 0.3 is 0 Å². The van der Waals surface area contributed by atoms with Crippen LogP contribution in [0.2, 0.25) is 0 Å². The van der Waals surface area contributed by atoms with Crippen LogP contribution < -0.4 is 0 Å². The fraction of sp³-hybridized carbons (Fsp3) is 0.429. The summed E-state index contributed by atoms with van der Waals surface area (Å²) >= 11 is 0. The number of nitrogens with one attached hydrogen (secondary N) is 1. The summed E-state index contributed by atoms with van der Waals surface area (Å²) in [5.41, 5.74) is 0. The first-order chi connectivity index (χ1) is 10.9. The van der Waals surface area contributed by atoms with E-state index in [1.54, 1.807) is 0 Å². The third-order valence-electron chi connectivity index (χ3n) is 3.77. The van der Waals surface area contributed by atoms with Gasteiger partial charge in [-0.25, -0.2) is 17.8 Å². The first-order valence-electron chi connectivity index (χ1n) is 7.31. The van der Waals surface area contributed by atoms with Crippen LogP contribution in [0.15, 0.2) is 29.2 Å². The lowest BCUT2D eigenvalue weighted by Crippen LogP contribution is -2.48. The number of sulfonamides is 1. The van der Waals surface area contributed by atoms with E-state index in [-0.39, 0.29) is 4.90 Å². The summed E-state index contributed by atoms with van der Waals surface area (Å²) < 4.78 is 39.7. The Balaban J connectivity index is 1.64. The molecule has 0 amide bonds. The Morgan fingerprint density at radius 2 is 2.00 bits per heavy atom. The van der Waals surface area contributed by atoms with Crippen LogP contribution >= 0.6 is 0 Å². The maximum atomic E-state index is 13.3. The highest BCUT2D eigenvalue weighted by atomic mass is 32.2. The minimum absolute atomic E-state index is 0.00413. The summed E-state index contributed by atoms with van der Waals surface area (Å²) in [7, 11) is -3.65. The fourth-order valence-electron chi connectivity index (χ4n) is 2.56. The van der Waals surface area contributed by atoms with E-state index in [1.807, 2.05) is 6.92 Å². The number of aryl methyl sites for hydroxylation is 1. The number of halogens is 1. The summed E-state index contributed by atoms with van der Waals surface area (Å²) in [6.45, 7) is 4.31. The van der Waals surface area contributed by atoms with Gasteiger partial charge in [-0.3, -0.25) is 10.00 Å². The van der Waals surface area contributed by atoms with Crippen molar-refractivity contribution in [2.24, 2.45) is 0 Å². The second kappa shape index (κ2) is 6.34. The third-order valence-corrected chi connectivity index (χ3v) is 5.67. The van der Waals surface area contributed by atoms with Crippen molar-refractivity contribution < 1.29 is 12.8 Å². The molecule has 0 spiro atoms. The smallest absolute Gasteiger partial charge is 0.243 e. The van der Waals surface area contributed by atoms with E-state index in [0.29, 0.717) is 38.5 Å². The molecule has 1 aliphatic heterocycles. The van der Waals surface area contributed by atoms with Crippen molar-refractivity contribution in [3.05, 3.63) is 41.7 Å². The minimum atomic E-state index is -3.65. The first-order valence-corrected chi connectivity index (χ1v) is 8.75. The van der Waals surface area contributed by atoms with Crippen molar-refractivity contribution in [2.75, 3.05) is 26.2 Å². The minimum Gasteiger partial charge on any atom is -0.293 e. The average Bonchev–Trinajstić information content (AvgIpc) is 2.93. The van der Waals surface area contributed by atoms with Crippen LogP contribution in [-0.4, -0.2) is 59.0 Å². The summed E-state index contributed by atoms with van der Waals surface area (Å²) in [6, 6.07) is 5.11. The fourth-order valence-corrected chi connectivity index (χ4v) is 4.02. The number of aromatic amines is 1. The van der Waals surface area contributed by atoms with Crippen molar-refractivity contribution in [3.8, 4) is 0 Å². The maximum Gasteiger partial charge on any atom is 0.243 e. The molecule has 2 heterocycles. The molecule has 0 unspecified atom stereocenters. The van der Waals surface area contributed by atoms with Crippen molar-refractivity contribution in [1.29, 1.82) is 0 Å². The molecule has 23 heavy (non-hydrogen) atoms. The number of nitrogens with zero attached hydrogens (tertiary/aromatic N) is 4. The van der Waals surface area contributed by atoms with Gasteiger partial charge in [-0.2, -0.15) is 9.40 Å². The topological polar surface area (TPSA) is 82.2 Å². The number of hydrogen-bond acceptors (Lipinski definition) is 5. The Morgan fingerprint density at radius 1 is 1.26 bits per heavy atom. The van der Waals surface area contributed by atoms with Crippen LogP contribution in [0.4, 0.5) is 4.39 Å². The quantitative estimate of drug-likeness (QED) is 0.889. The molecule has 7 nitrogen and oxygen atoms in total. The number of aromatic nitrogens is 3. The highest BCUT2D eigenvalue weighted by Crippen LogP contribution is 2.18. The van der Waals surface area contributed by atoms with Crippen molar-refractivity contribution >= 4 is 10.0 Å².